The number of benzene rings is 2. The van der Waals surface area contributed by atoms with Crippen LogP contribution >= 0.6 is 0 Å². The van der Waals surface area contributed by atoms with E-state index >= 15 is 0 Å². The van der Waals surface area contributed by atoms with Gasteiger partial charge in [-0.05, 0) is 36.5 Å². The highest BCUT2D eigenvalue weighted by atomic mass is 16.2. The highest BCUT2D eigenvalue weighted by Crippen LogP contribution is 2.47. The van der Waals surface area contributed by atoms with Crippen molar-refractivity contribution < 1.29 is 14.4 Å². The molecule has 6 heteroatoms. The highest BCUT2D eigenvalue weighted by Gasteiger charge is 2.59. The smallest absolute Gasteiger partial charge is 0.302 e. The lowest BCUT2D eigenvalue weighted by molar-refractivity contribution is -0.143. The molecule has 34 heavy (non-hydrogen) atoms. The molecule has 5 rings (SSSR count). The zero-order chi connectivity index (χ0) is 23.7. The molecule has 0 radical (unpaired) electrons. The summed E-state index contributed by atoms with van der Waals surface area (Å²) in [6, 6.07) is 17.1. The first-order valence-corrected chi connectivity index (χ1v) is 12.2. The molecule has 174 valence electrons. The Bertz CT molecular complexity index is 1150. The summed E-state index contributed by atoms with van der Waals surface area (Å²) in [6.45, 7) is 7.93. The van der Waals surface area contributed by atoms with Crippen LogP contribution in [0.1, 0.15) is 49.7 Å². The first-order chi connectivity index (χ1) is 16.5. The molecule has 2 heterocycles. The van der Waals surface area contributed by atoms with Crippen LogP contribution in [0.2, 0.25) is 0 Å². The second kappa shape index (κ2) is 9.06. The lowest BCUT2D eigenvalue weighted by Gasteiger charge is -2.28. The van der Waals surface area contributed by atoms with E-state index in [2.05, 4.69) is 10.2 Å². The van der Waals surface area contributed by atoms with Gasteiger partial charge in [-0.2, -0.15) is 0 Å². The fourth-order valence-electron chi connectivity index (χ4n) is 5.99. The highest BCUT2D eigenvalue weighted by molar-refractivity contribution is 6.08. The maximum absolute atomic E-state index is 14.0. The molecule has 2 aliphatic heterocycles. The zero-order valence-electron chi connectivity index (χ0n) is 19.2. The summed E-state index contributed by atoms with van der Waals surface area (Å²) >= 11 is 0. The van der Waals surface area contributed by atoms with Crippen molar-refractivity contribution in [1.82, 2.24) is 4.90 Å². The number of carbonyl (C=O) groups excluding carboxylic acids is 3. The van der Waals surface area contributed by atoms with Gasteiger partial charge in [0.25, 0.3) is 0 Å². The minimum Gasteiger partial charge on any atom is -0.325 e. The van der Waals surface area contributed by atoms with Gasteiger partial charge in [0, 0.05) is 18.2 Å². The second-order valence-corrected chi connectivity index (χ2v) is 9.84. The molecule has 0 bridgehead atoms. The van der Waals surface area contributed by atoms with E-state index in [0.717, 1.165) is 48.9 Å². The molecular weight excluding hydrogens is 426 g/mol. The fraction of sp³-hybridized carbons (Fsp3) is 0.429. The molecule has 3 atom stereocenters. The molecule has 2 amide bonds. The number of likely N-dealkylation sites (tertiary alicyclic amines) is 1. The summed E-state index contributed by atoms with van der Waals surface area (Å²) < 4.78 is 0. The molecule has 2 aromatic carbocycles. The summed E-state index contributed by atoms with van der Waals surface area (Å²) in [7, 11) is 0. The van der Waals surface area contributed by atoms with E-state index in [1.54, 1.807) is 0 Å². The maximum atomic E-state index is 14.0. The Labute approximate surface area is 200 Å². The van der Waals surface area contributed by atoms with Crippen molar-refractivity contribution in [2.24, 2.45) is 11.8 Å². The van der Waals surface area contributed by atoms with Crippen molar-refractivity contribution in [2.45, 2.75) is 56.5 Å². The Hall–Kier alpha value is -3.46. The number of hydrogen-bond donors (Lipinski definition) is 1. The molecule has 1 saturated heterocycles. The number of para-hydroxylation sites is 1. The van der Waals surface area contributed by atoms with E-state index in [-0.39, 0.29) is 36.5 Å². The van der Waals surface area contributed by atoms with Gasteiger partial charge in [-0.1, -0.05) is 67.8 Å². The topological polar surface area (TPSA) is 70.8 Å². The minimum atomic E-state index is -0.938. The fourth-order valence-corrected chi connectivity index (χ4v) is 5.99. The molecule has 1 N–H and O–H groups in total. The van der Waals surface area contributed by atoms with Gasteiger partial charge in [-0.15, -0.1) is 0 Å². The van der Waals surface area contributed by atoms with Crippen LogP contribution in [0.5, 0.6) is 0 Å². The van der Waals surface area contributed by atoms with Gasteiger partial charge in [0.1, 0.15) is 17.1 Å². The first kappa shape index (κ1) is 22.3. The number of anilines is 1. The number of nitrogens with zero attached hydrogens (tertiary/aromatic N) is 2. The van der Waals surface area contributed by atoms with Crippen LogP contribution in [0.3, 0.4) is 0 Å². The van der Waals surface area contributed by atoms with Crippen LogP contribution in [0.15, 0.2) is 54.6 Å². The van der Waals surface area contributed by atoms with Crippen molar-refractivity contribution in [3.05, 3.63) is 77.1 Å². The van der Waals surface area contributed by atoms with E-state index < -0.39 is 17.5 Å². The number of ketones is 1. The van der Waals surface area contributed by atoms with E-state index in [0.29, 0.717) is 6.42 Å². The van der Waals surface area contributed by atoms with Crippen molar-refractivity contribution in [3.63, 3.8) is 0 Å². The Morgan fingerprint density at radius 2 is 1.76 bits per heavy atom. The summed E-state index contributed by atoms with van der Waals surface area (Å²) in [4.78, 5) is 46.0. The van der Waals surface area contributed by atoms with E-state index in [1.807, 2.05) is 54.6 Å². The standard InChI is InChI=1S/C28H29N3O3/c1-29-24-17-28(22-14-8-9-15-23(22)30-27(28)34)18-31(24)26(33)21(16-19-10-4-2-5-11-19)25(32)20-12-6-3-7-13-20/h2,4-5,8-11,14-15,20-21,24H,3,6-7,12-13,16-18H2,(H,30,34)/t21?,24-,28-/m0/s1. The molecule has 3 aliphatic rings. The predicted octanol–water partition coefficient (Wildman–Crippen LogP) is 4.36. The molecule has 2 fully saturated rings. The number of Topliss-reactive ketones (excluding diaryl/α,β-unsaturated/α-hetero) is 1. The van der Waals surface area contributed by atoms with Crippen LogP contribution in [0.4, 0.5) is 5.69 Å². The lowest BCUT2D eigenvalue weighted by Crippen LogP contribution is -2.46. The van der Waals surface area contributed by atoms with E-state index in [9.17, 15) is 14.4 Å². The van der Waals surface area contributed by atoms with Gasteiger partial charge in [0.15, 0.2) is 0 Å². The van der Waals surface area contributed by atoms with E-state index in [1.165, 1.54) is 4.90 Å². The summed E-state index contributed by atoms with van der Waals surface area (Å²) in [5.74, 6) is -1.42. The monoisotopic (exact) mass is 455 g/mol. The van der Waals surface area contributed by atoms with Crippen molar-refractivity contribution in [2.75, 3.05) is 11.9 Å². The third-order valence-corrected chi connectivity index (χ3v) is 7.82. The average molecular weight is 456 g/mol. The van der Waals surface area contributed by atoms with Crippen LogP contribution in [0, 0.1) is 18.4 Å². The molecule has 0 aromatic heterocycles. The average Bonchev–Trinajstić information content (AvgIpc) is 3.41. The quantitative estimate of drug-likeness (QED) is 0.538. The maximum Gasteiger partial charge on any atom is 0.302 e. The van der Waals surface area contributed by atoms with Gasteiger partial charge < -0.3 is 5.32 Å². The largest absolute Gasteiger partial charge is 0.325 e. The number of nitrogens with one attached hydrogen (secondary N) is 1. The Morgan fingerprint density at radius 3 is 2.50 bits per heavy atom. The molecular formula is C28H29N3O3. The number of carbonyl (C=O) groups is 3. The van der Waals surface area contributed by atoms with Crippen LogP contribution in [0.25, 0.3) is 4.85 Å². The minimum absolute atomic E-state index is 0.00509. The molecule has 6 nitrogen and oxygen atoms in total. The molecule has 1 saturated carbocycles. The van der Waals surface area contributed by atoms with Gasteiger partial charge >= 0.3 is 6.17 Å². The van der Waals surface area contributed by atoms with Crippen LogP contribution in [-0.2, 0) is 26.2 Å². The Morgan fingerprint density at radius 1 is 1.06 bits per heavy atom. The number of amides is 2. The third-order valence-electron chi connectivity index (χ3n) is 7.82. The Balaban J connectivity index is 1.47. The van der Waals surface area contributed by atoms with Crippen molar-refractivity contribution >= 4 is 23.3 Å². The van der Waals surface area contributed by atoms with Gasteiger partial charge in [-0.3, -0.25) is 24.1 Å². The third kappa shape index (κ3) is 3.79. The Kier molecular flexibility index (Phi) is 5.95. The van der Waals surface area contributed by atoms with E-state index in [4.69, 9.17) is 6.57 Å². The molecule has 1 aliphatic carbocycles. The summed E-state index contributed by atoms with van der Waals surface area (Å²) in [5, 5.41) is 2.93. The zero-order valence-corrected chi connectivity index (χ0v) is 19.2. The number of hydrogen-bond acceptors (Lipinski definition) is 3. The van der Waals surface area contributed by atoms with Crippen molar-refractivity contribution in [3.8, 4) is 0 Å². The SMILES string of the molecule is [C-]#[N+][C@@H]1C[C@@]2(CN1C(=O)C(Cc1ccccc1)C(=O)C1CCCCC1)C(=O)Nc1ccccc12. The number of fused-ring (bicyclic) bond motifs is 2. The molecule has 1 unspecified atom stereocenters. The second-order valence-electron chi connectivity index (χ2n) is 9.84. The van der Waals surface area contributed by atoms with Crippen molar-refractivity contribution in [1.29, 1.82) is 0 Å². The molecule has 1 spiro atoms. The number of rotatable bonds is 5. The van der Waals surface area contributed by atoms with Crippen LogP contribution < -0.4 is 5.32 Å². The summed E-state index contributed by atoms with van der Waals surface area (Å²) in [5.41, 5.74) is 1.57. The summed E-state index contributed by atoms with van der Waals surface area (Å²) in [6.07, 6.45) is 4.61. The van der Waals surface area contributed by atoms with Gasteiger partial charge in [-0.25, -0.2) is 6.57 Å². The van der Waals surface area contributed by atoms with Gasteiger partial charge in [0.2, 0.25) is 11.8 Å². The normalized spacial score (nSPS) is 25.0. The molecule has 2 aromatic rings. The predicted molar refractivity (Wildman–Crippen MR) is 129 cm³/mol. The first-order valence-electron chi connectivity index (χ1n) is 12.2. The van der Waals surface area contributed by atoms with Crippen LogP contribution in [-0.4, -0.2) is 35.2 Å². The van der Waals surface area contributed by atoms with Gasteiger partial charge in [0.05, 0.1) is 6.42 Å². The lowest BCUT2D eigenvalue weighted by atomic mass is 9.79.